The van der Waals surface area contributed by atoms with Crippen LogP contribution < -0.4 is 0 Å². The molecule has 0 fully saturated rings. The summed E-state index contributed by atoms with van der Waals surface area (Å²) in [6.07, 6.45) is 4.49. The first-order chi connectivity index (χ1) is 11.8. The molecule has 1 amide bonds. The van der Waals surface area contributed by atoms with E-state index in [1.54, 1.807) is 27.0 Å². The first kappa shape index (κ1) is 17.2. The monoisotopic (exact) mass is 356 g/mol. The van der Waals surface area contributed by atoms with Gasteiger partial charge in [-0.2, -0.15) is 0 Å². The minimum Gasteiger partial charge on any atom is -0.465 e. The van der Waals surface area contributed by atoms with Crippen LogP contribution >= 0.6 is 11.3 Å². The van der Waals surface area contributed by atoms with E-state index in [1.807, 2.05) is 36.0 Å². The number of nitrogens with one attached hydrogen (secondary N) is 1. The lowest BCUT2D eigenvalue weighted by Gasteiger charge is -2.32. The molecule has 0 aliphatic heterocycles. The van der Waals surface area contributed by atoms with E-state index in [0.29, 0.717) is 12.1 Å². The predicted octanol–water partition coefficient (Wildman–Crippen LogP) is 4.25. The Morgan fingerprint density at radius 2 is 2.16 bits per heavy atom. The molecule has 0 saturated heterocycles. The van der Waals surface area contributed by atoms with Gasteiger partial charge >= 0.3 is 6.09 Å². The molecule has 3 aromatic heterocycles. The second-order valence-electron chi connectivity index (χ2n) is 6.82. The van der Waals surface area contributed by atoms with Crippen LogP contribution in [0.15, 0.2) is 42.2 Å². The summed E-state index contributed by atoms with van der Waals surface area (Å²) in [5.74, 6) is 0.00142. The van der Waals surface area contributed by atoms with E-state index in [-0.39, 0.29) is 5.84 Å². The molecule has 3 heterocycles. The van der Waals surface area contributed by atoms with Crippen LogP contribution in [0.25, 0.3) is 10.9 Å². The second kappa shape index (κ2) is 6.33. The van der Waals surface area contributed by atoms with Crippen molar-refractivity contribution >= 4 is 34.2 Å². The van der Waals surface area contributed by atoms with Crippen molar-refractivity contribution in [3.8, 4) is 0 Å². The topological polar surface area (TPSA) is 82.2 Å². The summed E-state index contributed by atoms with van der Waals surface area (Å²) in [7, 11) is 0. The van der Waals surface area contributed by atoms with Crippen molar-refractivity contribution in [3.05, 3.63) is 52.6 Å². The summed E-state index contributed by atoms with van der Waals surface area (Å²) in [6.45, 7) is 6.00. The SMILES string of the molecule is CC(C)(C)N(C(=N)c1csc(Cn2ccc3ccncc32)c1)C(=O)O. The molecule has 0 aliphatic rings. The number of hydrogen-bond acceptors (Lipinski definition) is 4. The van der Waals surface area contributed by atoms with E-state index in [0.717, 1.165) is 20.7 Å². The molecular weight excluding hydrogens is 336 g/mol. The fraction of sp³-hybridized carbons (Fsp3) is 0.278. The van der Waals surface area contributed by atoms with Crippen LogP contribution in [0.2, 0.25) is 0 Å². The molecule has 0 bridgehead atoms. The van der Waals surface area contributed by atoms with Gasteiger partial charge in [-0.3, -0.25) is 15.3 Å². The molecule has 3 aromatic rings. The zero-order valence-corrected chi connectivity index (χ0v) is 15.2. The molecule has 130 valence electrons. The average Bonchev–Trinajstić information content (AvgIpc) is 3.13. The summed E-state index contributed by atoms with van der Waals surface area (Å²) in [4.78, 5) is 17.9. The number of pyridine rings is 1. The number of rotatable bonds is 3. The third-order valence-electron chi connectivity index (χ3n) is 3.92. The van der Waals surface area contributed by atoms with Crippen LogP contribution in [-0.4, -0.2) is 37.0 Å². The zero-order chi connectivity index (χ0) is 18.2. The zero-order valence-electron chi connectivity index (χ0n) is 14.4. The Bertz CT molecular complexity index is 936. The third-order valence-corrected chi connectivity index (χ3v) is 4.84. The van der Waals surface area contributed by atoms with Crippen molar-refractivity contribution in [2.75, 3.05) is 0 Å². The fourth-order valence-corrected chi connectivity index (χ4v) is 3.64. The number of nitrogens with zero attached hydrogens (tertiary/aromatic N) is 3. The molecule has 6 nitrogen and oxygen atoms in total. The van der Waals surface area contributed by atoms with Crippen LogP contribution in [0.3, 0.4) is 0 Å². The number of thiophene rings is 1. The maximum atomic E-state index is 11.5. The van der Waals surface area contributed by atoms with Gasteiger partial charge in [-0.25, -0.2) is 4.79 Å². The van der Waals surface area contributed by atoms with Gasteiger partial charge in [0, 0.05) is 39.1 Å². The Balaban J connectivity index is 1.85. The Hall–Kier alpha value is -2.67. The van der Waals surface area contributed by atoms with Gasteiger partial charge in [0.1, 0.15) is 5.84 Å². The van der Waals surface area contributed by atoms with Crippen LogP contribution in [0, 0.1) is 5.41 Å². The Kier molecular flexibility index (Phi) is 4.34. The van der Waals surface area contributed by atoms with Crippen molar-refractivity contribution in [2.45, 2.75) is 32.9 Å². The number of amidine groups is 1. The highest BCUT2D eigenvalue weighted by Crippen LogP contribution is 2.23. The highest BCUT2D eigenvalue weighted by atomic mass is 32.1. The number of carbonyl (C=O) groups is 1. The van der Waals surface area contributed by atoms with Gasteiger partial charge in [0.05, 0.1) is 18.3 Å². The molecule has 0 spiro atoms. The summed E-state index contributed by atoms with van der Waals surface area (Å²) in [5.41, 5.74) is 0.995. The van der Waals surface area contributed by atoms with E-state index in [1.165, 1.54) is 11.3 Å². The lowest BCUT2D eigenvalue weighted by Crippen LogP contribution is -2.48. The highest BCUT2D eigenvalue weighted by Gasteiger charge is 2.31. The number of fused-ring (bicyclic) bond motifs is 1. The lowest BCUT2D eigenvalue weighted by molar-refractivity contribution is 0.140. The van der Waals surface area contributed by atoms with Crippen LogP contribution in [0.5, 0.6) is 0 Å². The average molecular weight is 356 g/mol. The minimum atomic E-state index is -1.12. The van der Waals surface area contributed by atoms with E-state index in [4.69, 9.17) is 5.41 Å². The van der Waals surface area contributed by atoms with Crippen molar-refractivity contribution in [3.63, 3.8) is 0 Å². The molecule has 0 radical (unpaired) electrons. The molecule has 7 heteroatoms. The van der Waals surface area contributed by atoms with Gasteiger partial charge in [-0.05, 0) is 39.0 Å². The van der Waals surface area contributed by atoms with Crippen LogP contribution in [-0.2, 0) is 6.54 Å². The van der Waals surface area contributed by atoms with E-state index in [9.17, 15) is 9.90 Å². The molecule has 0 atom stereocenters. The van der Waals surface area contributed by atoms with Gasteiger partial charge < -0.3 is 9.67 Å². The number of amides is 1. The third kappa shape index (κ3) is 3.41. The quantitative estimate of drug-likeness (QED) is 0.544. The Morgan fingerprint density at radius 1 is 1.40 bits per heavy atom. The molecule has 0 unspecified atom stereocenters. The van der Waals surface area contributed by atoms with Crippen molar-refractivity contribution in [1.82, 2.24) is 14.5 Å². The molecular formula is C18H20N4O2S. The van der Waals surface area contributed by atoms with Crippen LogP contribution in [0.1, 0.15) is 31.2 Å². The number of carboxylic acid groups (broad SMARTS) is 1. The first-order valence-electron chi connectivity index (χ1n) is 7.86. The maximum Gasteiger partial charge on any atom is 0.413 e. The van der Waals surface area contributed by atoms with Gasteiger partial charge in [0.15, 0.2) is 0 Å². The normalized spacial score (nSPS) is 11.6. The van der Waals surface area contributed by atoms with Crippen molar-refractivity contribution in [1.29, 1.82) is 5.41 Å². The largest absolute Gasteiger partial charge is 0.465 e. The minimum absolute atomic E-state index is 0.00142. The fourth-order valence-electron chi connectivity index (χ4n) is 2.77. The summed E-state index contributed by atoms with van der Waals surface area (Å²) < 4.78 is 2.10. The lowest BCUT2D eigenvalue weighted by atomic mass is 10.1. The van der Waals surface area contributed by atoms with Crippen molar-refractivity contribution in [2.24, 2.45) is 0 Å². The van der Waals surface area contributed by atoms with Gasteiger partial charge in [-0.1, -0.05) is 0 Å². The smallest absolute Gasteiger partial charge is 0.413 e. The molecule has 3 rings (SSSR count). The molecule has 0 saturated carbocycles. The van der Waals surface area contributed by atoms with E-state index in [2.05, 4.69) is 9.55 Å². The highest BCUT2D eigenvalue weighted by molar-refractivity contribution is 7.10. The first-order valence-corrected chi connectivity index (χ1v) is 8.73. The summed E-state index contributed by atoms with van der Waals surface area (Å²) in [6, 6.07) is 5.89. The predicted molar refractivity (Wildman–Crippen MR) is 99.6 cm³/mol. The van der Waals surface area contributed by atoms with E-state index >= 15 is 0 Å². The molecule has 0 aliphatic carbocycles. The molecule has 25 heavy (non-hydrogen) atoms. The summed E-state index contributed by atoms with van der Waals surface area (Å²) in [5, 5.41) is 20.7. The van der Waals surface area contributed by atoms with Gasteiger partial charge in [-0.15, -0.1) is 11.3 Å². The maximum absolute atomic E-state index is 11.5. The summed E-state index contributed by atoms with van der Waals surface area (Å²) >= 11 is 1.52. The van der Waals surface area contributed by atoms with E-state index < -0.39 is 11.6 Å². The number of aromatic nitrogens is 2. The molecule has 0 aromatic carbocycles. The second-order valence-corrected chi connectivity index (χ2v) is 7.81. The van der Waals surface area contributed by atoms with Gasteiger partial charge in [0.2, 0.25) is 0 Å². The van der Waals surface area contributed by atoms with Gasteiger partial charge in [0.25, 0.3) is 0 Å². The Morgan fingerprint density at radius 3 is 2.84 bits per heavy atom. The van der Waals surface area contributed by atoms with Crippen LogP contribution in [0.4, 0.5) is 4.79 Å². The standard InChI is InChI=1S/C18H20N4O2S/c1-18(2,3)22(17(23)24)16(19)13-8-14(25-11-13)10-21-7-5-12-4-6-20-9-15(12)21/h4-9,11,19H,10H2,1-3H3,(H,23,24). The molecule has 2 N–H and O–H groups in total. The van der Waals surface area contributed by atoms with Crippen molar-refractivity contribution < 1.29 is 9.90 Å². The Labute approximate surface area is 149 Å². The number of hydrogen-bond donors (Lipinski definition) is 2.